The highest BCUT2D eigenvalue weighted by molar-refractivity contribution is 5.65. The van der Waals surface area contributed by atoms with Gasteiger partial charge in [0.1, 0.15) is 0 Å². The van der Waals surface area contributed by atoms with Crippen LogP contribution in [0, 0.1) is 0 Å². The van der Waals surface area contributed by atoms with Crippen LogP contribution in [-0.4, -0.2) is 46.7 Å². The molecule has 1 N–H and O–H groups in total. The van der Waals surface area contributed by atoms with E-state index in [1.54, 1.807) is 0 Å². The maximum Gasteiger partial charge on any atom is 0.407 e. The predicted octanol–water partition coefficient (Wildman–Crippen LogP) is 2.26. The Labute approximate surface area is 108 Å². The molecule has 1 aliphatic rings. The van der Waals surface area contributed by atoms with Gasteiger partial charge in [0.2, 0.25) is 0 Å². The predicted molar refractivity (Wildman–Crippen MR) is 70.5 cm³/mol. The summed E-state index contributed by atoms with van der Waals surface area (Å²) in [5, 5.41) is 8.98. The summed E-state index contributed by atoms with van der Waals surface area (Å²) in [6, 6.07) is 10.7. The normalized spacial score (nSPS) is 19.4. The molecule has 1 saturated heterocycles. The van der Waals surface area contributed by atoms with Gasteiger partial charge in [0.05, 0.1) is 0 Å². The monoisotopic (exact) mass is 248 g/mol. The molecule has 0 bridgehead atoms. The summed E-state index contributed by atoms with van der Waals surface area (Å²) in [5.41, 5.74) is 1.29. The third kappa shape index (κ3) is 3.01. The fourth-order valence-electron chi connectivity index (χ4n) is 2.53. The molecule has 0 aromatic heterocycles. The maximum absolute atomic E-state index is 10.9. The van der Waals surface area contributed by atoms with Gasteiger partial charge in [-0.05, 0) is 18.5 Å². The van der Waals surface area contributed by atoms with Crippen molar-refractivity contribution in [3.05, 3.63) is 35.9 Å². The zero-order chi connectivity index (χ0) is 13.0. The van der Waals surface area contributed by atoms with Crippen LogP contribution < -0.4 is 0 Å². The summed E-state index contributed by atoms with van der Waals surface area (Å²) < 4.78 is 0. The molecule has 1 heterocycles. The summed E-state index contributed by atoms with van der Waals surface area (Å²) >= 11 is 0. The highest BCUT2D eigenvalue weighted by Gasteiger charge is 2.29. The fraction of sp³-hybridized carbons (Fsp3) is 0.500. The molecular weight excluding hydrogens is 228 g/mol. The van der Waals surface area contributed by atoms with Crippen molar-refractivity contribution in [3.63, 3.8) is 0 Å². The number of nitrogens with zero attached hydrogens (tertiary/aromatic N) is 2. The first-order chi connectivity index (χ1) is 8.70. The minimum atomic E-state index is -0.798. The number of likely N-dealkylation sites (tertiary alicyclic amines) is 1. The molecule has 98 valence electrons. The Kier molecular flexibility index (Phi) is 4.20. The molecule has 0 radical (unpaired) electrons. The van der Waals surface area contributed by atoms with E-state index in [1.165, 1.54) is 10.5 Å². The first-order valence-corrected chi connectivity index (χ1v) is 6.46. The van der Waals surface area contributed by atoms with Crippen molar-refractivity contribution in [1.29, 1.82) is 0 Å². The third-order valence-corrected chi connectivity index (χ3v) is 3.58. The molecule has 1 aromatic rings. The second-order valence-electron chi connectivity index (χ2n) is 4.72. The Morgan fingerprint density at radius 1 is 1.44 bits per heavy atom. The molecule has 1 amide bonds. The number of hydrogen-bond acceptors (Lipinski definition) is 2. The summed E-state index contributed by atoms with van der Waals surface area (Å²) in [4.78, 5) is 14.8. The van der Waals surface area contributed by atoms with Gasteiger partial charge >= 0.3 is 6.09 Å². The lowest BCUT2D eigenvalue weighted by Crippen LogP contribution is -2.38. The van der Waals surface area contributed by atoms with Crippen LogP contribution in [-0.2, 0) is 6.54 Å². The second kappa shape index (κ2) is 5.87. The maximum atomic E-state index is 10.9. The van der Waals surface area contributed by atoms with E-state index in [1.807, 2.05) is 18.2 Å². The smallest absolute Gasteiger partial charge is 0.407 e. The molecule has 1 aromatic carbocycles. The van der Waals surface area contributed by atoms with E-state index >= 15 is 0 Å². The van der Waals surface area contributed by atoms with Gasteiger partial charge in [-0.15, -0.1) is 0 Å². The number of likely N-dealkylation sites (N-methyl/N-ethyl adjacent to an activating group) is 1. The minimum absolute atomic E-state index is 0.353. The number of carbonyl (C=O) groups is 1. The van der Waals surface area contributed by atoms with Crippen molar-refractivity contribution in [2.75, 3.05) is 19.6 Å². The van der Waals surface area contributed by atoms with Gasteiger partial charge in [-0.3, -0.25) is 4.90 Å². The van der Waals surface area contributed by atoms with Gasteiger partial charge in [-0.1, -0.05) is 37.3 Å². The van der Waals surface area contributed by atoms with E-state index < -0.39 is 6.09 Å². The van der Waals surface area contributed by atoms with Crippen LogP contribution in [0.5, 0.6) is 0 Å². The van der Waals surface area contributed by atoms with Crippen molar-refractivity contribution < 1.29 is 9.90 Å². The van der Waals surface area contributed by atoms with Crippen molar-refractivity contribution >= 4 is 6.09 Å². The molecule has 1 unspecified atom stereocenters. The Hall–Kier alpha value is -1.55. The van der Waals surface area contributed by atoms with Crippen molar-refractivity contribution in [2.45, 2.75) is 25.9 Å². The average molecular weight is 248 g/mol. The second-order valence-corrected chi connectivity index (χ2v) is 4.72. The Morgan fingerprint density at radius 2 is 2.17 bits per heavy atom. The van der Waals surface area contributed by atoms with Gasteiger partial charge < -0.3 is 10.0 Å². The van der Waals surface area contributed by atoms with E-state index in [4.69, 9.17) is 5.11 Å². The zero-order valence-electron chi connectivity index (χ0n) is 10.7. The van der Waals surface area contributed by atoms with Crippen LogP contribution in [0.15, 0.2) is 30.3 Å². The lowest BCUT2D eigenvalue weighted by Gasteiger charge is -2.27. The number of amides is 1. The van der Waals surface area contributed by atoms with Gasteiger partial charge in [0.25, 0.3) is 0 Å². The van der Waals surface area contributed by atoms with Crippen molar-refractivity contribution in [1.82, 2.24) is 9.80 Å². The van der Waals surface area contributed by atoms with Crippen LogP contribution in [0.3, 0.4) is 0 Å². The van der Waals surface area contributed by atoms with Crippen LogP contribution in [0.25, 0.3) is 0 Å². The molecule has 0 saturated carbocycles. The summed E-state index contributed by atoms with van der Waals surface area (Å²) in [7, 11) is 0. The molecule has 0 spiro atoms. The molecule has 1 atom stereocenters. The first-order valence-electron chi connectivity index (χ1n) is 6.46. The molecule has 2 rings (SSSR count). The highest BCUT2D eigenvalue weighted by Crippen LogP contribution is 2.18. The van der Waals surface area contributed by atoms with Crippen LogP contribution in [0.2, 0.25) is 0 Å². The Balaban J connectivity index is 1.96. The number of hydrogen-bond donors (Lipinski definition) is 1. The molecule has 1 fully saturated rings. The SMILES string of the molecule is CCN(Cc1ccccc1)C1CCN(C(=O)O)C1. The Bertz CT molecular complexity index is 394. The van der Waals surface area contributed by atoms with Crippen molar-refractivity contribution in [2.24, 2.45) is 0 Å². The molecule has 18 heavy (non-hydrogen) atoms. The molecule has 4 nitrogen and oxygen atoms in total. The van der Waals surface area contributed by atoms with Gasteiger partial charge in [-0.25, -0.2) is 4.79 Å². The lowest BCUT2D eigenvalue weighted by molar-refractivity contribution is 0.146. The van der Waals surface area contributed by atoms with E-state index in [-0.39, 0.29) is 0 Å². The summed E-state index contributed by atoms with van der Waals surface area (Å²) in [6.45, 7) is 5.27. The molecular formula is C14H20N2O2. The quantitative estimate of drug-likeness (QED) is 0.889. The Morgan fingerprint density at radius 3 is 2.72 bits per heavy atom. The first kappa shape index (κ1) is 12.9. The summed E-state index contributed by atoms with van der Waals surface area (Å²) in [5.74, 6) is 0. The van der Waals surface area contributed by atoms with E-state index in [0.717, 1.165) is 19.5 Å². The summed E-state index contributed by atoms with van der Waals surface area (Å²) in [6.07, 6.45) is 0.140. The van der Waals surface area contributed by atoms with Crippen LogP contribution in [0.4, 0.5) is 4.79 Å². The largest absolute Gasteiger partial charge is 0.465 e. The van der Waals surface area contributed by atoms with Gasteiger partial charge in [0, 0.05) is 25.7 Å². The number of benzene rings is 1. The van der Waals surface area contributed by atoms with Gasteiger partial charge in [0.15, 0.2) is 0 Å². The van der Waals surface area contributed by atoms with Crippen molar-refractivity contribution in [3.8, 4) is 0 Å². The van der Waals surface area contributed by atoms with E-state index in [0.29, 0.717) is 19.1 Å². The van der Waals surface area contributed by atoms with Gasteiger partial charge in [-0.2, -0.15) is 0 Å². The van der Waals surface area contributed by atoms with Crippen LogP contribution >= 0.6 is 0 Å². The van der Waals surface area contributed by atoms with E-state index in [9.17, 15) is 4.79 Å². The standard InChI is InChI=1S/C14H20N2O2/c1-2-15(10-12-6-4-3-5-7-12)13-8-9-16(11-13)14(17)18/h3-7,13H,2,8-11H2,1H3,(H,17,18). The lowest BCUT2D eigenvalue weighted by atomic mass is 10.1. The third-order valence-electron chi connectivity index (χ3n) is 3.58. The topological polar surface area (TPSA) is 43.8 Å². The molecule has 4 heteroatoms. The minimum Gasteiger partial charge on any atom is -0.465 e. The highest BCUT2D eigenvalue weighted by atomic mass is 16.4. The van der Waals surface area contributed by atoms with Crippen LogP contribution in [0.1, 0.15) is 18.9 Å². The molecule has 0 aliphatic carbocycles. The number of carboxylic acid groups (broad SMARTS) is 1. The average Bonchev–Trinajstić information content (AvgIpc) is 2.87. The van der Waals surface area contributed by atoms with E-state index in [2.05, 4.69) is 24.0 Å². The zero-order valence-corrected chi connectivity index (χ0v) is 10.7. The molecule has 1 aliphatic heterocycles. The number of rotatable bonds is 4. The fourth-order valence-corrected chi connectivity index (χ4v) is 2.53.